The highest BCUT2D eigenvalue weighted by Crippen LogP contribution is 2.24. The van der Waals surface area contributed by atoms with Gasteiger partial charge in [0.25, 0.3) is 0 Å². The lowest BCUT2D eigenvalue weighted by atomic mass is 10.1. The van der Waals surface area contributed by atoms with Gasteiger partial charge in [-0.3, -0.25) is 0 Å². The molecule has 1 aromatic heterocycles. The molecular weight excluding hydrogens is 206 g/mol. The van der Waals surface area contributed by atoms with E-state index < -0.39 is 5.97 Å². The second-order valence-electron chi connectivity index (χ2n) is 3.85. The van der Waals surface area contributed by atoms with Crippen LogP contribution in [0, 0.1) is 0 Å². The number of fused-ring (bicyclic) bond motifs is 1. The summed E-state index contributed by atoms with van der Waals surface area (Å²) in [6.07, 6.45) is 0.943. The molecule has 0 amide bonds. The van der Waals surface area contributed by atoms with E-state index in [4.69, 9.17) is 9.52 Å². The second kappa shape index (κ2) is 3.96. The van der Waals surface area contributed by atoms with E-state index in [1.807, 2.05) is 6.92 Å². The van der Waals surface area contributed by atoms with E-state index in [-0.39, 0.29) is 11.5 Å². The normalized spacial score (nSPS) is 12.9. The van der Waals surface area contributed by atoms with Crippen molar-refractivity contribution in [1.29, 1.82) is 0 Å². The Bertz CT molecular complexity index is 530. The molecule has 1 unspecified atom stereocenters. The summed E-state index contributed by atoms with van der Waals surface area (Å²) >= 11 is 0. The van der Waals surface area contributed by atoms with E-state index in [1.165, 1.54) is 12.1 Å². The Hall–Kier alpha value is -1.84. The van der Waals surface area contributed by atoms with Crippen molar-refractivity contribution in [2.24, 2.45) is 0 Å². The van der Waals surface area contributed by atoms with Crippen molar-refractivity contribution >= 4 is 17.1 Å². The fourth-order valence-electron chi connectivity index (χ4n) is 1.46. The molecule has 0 aliphatic carbocycles. The summed E-state index contributed by atoms with van der Waals surface area (Å²) in [5, 5.41) is 8.84. The SMILES string of the molecule is CCC(C)c1nc2ccc(C(=O)O)cc2o1. The van der Waals surface area contributed by atoms with Gasteiger partial charge >= 0.3 is 5.97 Å². The lowest BCUT2D eigenvalue weighted by molar-refractivity contribution is 0.0697. The van der Waals surface area contributed by atoms with Crippen LogP contribution in [0.25, 0.3) is 11.1 Å². The van der Waals surface area contributed by atoms with Crippen molar-refractivity contribution in [3.8, 4) is 0 Å². The fraction of sp³-hybridized carbons (Fsp3) is 0.333. The maximum Gasteiger partial charge on any atom is 0.335 e. The number of oxazole rings is 1. The minimum atomic E-state index is -0.955. The van der Waals surface area contributed by atoms with Gasteiger partial charge in [-0.15, -0.1) is 0 Å². The van der Waals surface area contributed by atoms with Gasteiger partial charge in [0.1, 0.15) is 5.52 Å². The van der Waals surface area contributed by atoms with Gasteiger partial charge in [-0.2, -0.15) is 0 Å². The van der Waals surface area contributed by atoms with Crippen LogP contribution in [0.4, 0.5) is 0 Å². The molecule has 2 rings (SSSR count). The van der Waals surface area contributed by atoms with Crippen LogP contribution in [0.3, 0.4) is 0 Å². The number of carbonyl (C=O) groups is 1. The maximum absolute atomic E-state index is 10.8. The number of carboxylic acids is 1. The van der Waals surface area contributed by atoms with Gasteiger partial charge < -0.3 is 9.52 Å². The predicted molar refractivity (Wildman–Crippen MR) is 59.7 cm³/mol. The molecule has 1 aromatic carbocycles. The number of benzene rings is 1. The minimum Gasteiger partial charge on any atom is -0.478 e. The zero-order chi connectivity index (χ0) is 11.7. The zero-order valence-electron chi connectivity index (χ0n) is 9.23. The molecule has 4 nitrogen and oxygen atoms in total. The molecule has 0 bridgehead atoms. The van der Waals surface area contributed by atoms with Gasteiger partial charge in [0, 0.05) is 5.92 Å². The number of hydrogen-bond donors (Lipinski definition) is 1. The van der Waals surface area contributed by atoms with E-state index in [9.17, 15) is 4.79 Å². The van der Waals surface area contributed by atoms with Crippen molar-refractivity contribution in [1.82, 2.24) is 4.98 Å². The largest absolute Gasteiger partial charge is 0.478 e. The topological polar surface area (TPSA) is 63.3 Å². The van der Waals surface area contributed by atoms with Crippen LogP contribution >= 0.6 is 0 Å². The van der Waals surface area contributed by atoms with Gasteiger partial charge in [-0.25, -0.2) is 9.78 Å². The highest BCUT2D eigenvalue weighted by molar-refractivity contribution is 5.91. The Morgan fingerprint density at radius 2 is 2.31 bits per heavy atom. The first-order valence-electron chi connectivity index (χ1n) is 5.25. The third kappa shape index (κ3) is 1.78. The number of hydrogen-bond acceptors (Lipinski definition) is 3. The summed E-state index contributed by atoms with van der Waals surface area (Å²) in [7, 11) is 0. The van der Waals surface area contributed by atoms with Crippen molar-refractivity contribution in [3.63, 3.8) is 0 Å². The van der Waals surface area contributed by atoms with Crippen molar-refractivity contribution in [2.75, 3.05) is 0 Å². The quantitative estimate of drug-likeness (QED) is 0.861. The third-order valence-corrected chi connectivity index (χ3v) is 2.69. The number of aromatic carboxylic acids is 1. The van der Waals surface area contributed by atoms with Gasteiger partial charge in [-0.1, -0.05) is 13.8 Å². The summed E-state index contributed by atoms with van der Waals surface area (Å²) in [6, 6.07) is 4.72. The average Bonchev–Trinajstić information content (AvgIpc) is 2.70. The van der Waals surface area contributed by atoms with Crippen LogP contribution in [-0.4, -0.2) is 16.1 Å². The van der Waals surface area contributed by atoms with Crippen molar-refractivity contribution in [3.05, 3.63) is 29.7 Å². The zero-order valence-corrected chi connectivity index (χ0v) is 9.23. The second-order valence-corrected chi connectivity index (χ2v) is 3.85. The lowest BCUT2D eigenvalue weighted by Gasteiger charge is -1.99. The number of carboxylic acid groups (broad SMARTS) is 1. The molecule has 0 spiro atoms. The Labute approximate surface area is 92.9 Å². The average molecular weight is 219 g/mol. The highest BCUT2D eigenvalue weighted by atomic mass is 16.4. The molecule has 84 valence electrons. The minimum absolute atomic E-state index is 0.222. The molecule has 4 heteroatoms. The van der Waals surface area contributed by atoms with E-state index >= 15 is 0 Å². The Morgan fingerprint density at radius 3 is 2.94 bits per heavy atom. The Kier molecular flexibility index (Phi) is 2.64. The monoisotopic (exact) mass is 219 g/mol. The van der Waals surface area contributed by atoms with E-state index in [1.54, 1.807) is 6.07 Å². The summed E-state index contributed by atoms with van der Waals surface area (Å²) in [6.45, 7) is 4.09. The summed E-state index contributed by atoms with van der Waals surface area (Å²) < 4.78 is 5.54. The molecule has 1 atom stereocenters. The molecule has 0 saturated heterocycles. The third-order valence-electron chi connectivity index (χ3n) is 2.69. The Morgan fingerprint density at radius 1 is 1.56 bits per heavy atom. The van der Waals surface area contributed by atoms with Crippen LogP contribution in [0.5, 0.6) is 0 Å². The smallest absolute Gasteiger partial charge is 0.335 e. The van der Waals surface area contributed by atoms with Gasteiger partial charge in [0.2, 0.25) is 0 Å². The molecule has 0 aliphatic heterocycles. The predicted octanol–water partition coefficient (Wildman–Crippen LogP) is 3.04. The fourth-order valence-corrected chi connectivity index (χ4v) is 1.46. The van der Waals surface area contributed by atoms with Gasteiger partial charge in [0.05, 0.1) is 5.56 Å². The van der Waals surface area contributed by atoms with Crippen LogP contribution in [0.15, 0.2) is 22.6 Å². The number of rotatable bonds is 3. The first-order chi connectivity index (χ1) is 7.61. The van der Waals surface area contributed by atoms with Crippen molar-refractivity contribution in [2.45, 2.75) is 26.2 Å². The van der Waals surface area contributed by atoms with Gasteiger partial charge in [0.15, 0.2) is 11.5 Å². The molecule has 16 heavy (non-hydrogen) atoms. The standard InChI is InChI=1S/C12H13NO3/c1-3-7(2)11-13-9-5-4-8(12(14)15)6-10(9)16-11/h4-7H,3H2,1-2H3,(H,14,15). The lowest BCUT2D eigenvalue weighted by Crippen LogP contribution is -1.94. The molecule has 0 radical (unpaired) electrons. The van der Waals surface area contributed by atoms with Gasteiger partial charge in [-0.05, 0) is 24.6 Å². The summed E-state index contributed by atoms with van der Waals surface area (Å²) in [5.74, 6) is -0.0379. The highest BCUT2D eigenvalue weighted by Gasteiger charge is 2.13. The first-order valence-corrected chi connectivity index (χ1v) is 5.25. The molecule has 1 N–H and O–H groups in total. The molecule has 0 aliphatic rings. The van der Waals surface area contributed by atoms with E-state index in [0.29, 0.717) is 17.0 Å². The molecule has 2 aromatic rings. The molecular formula is C12H13NO3. The maximum atomic E-state index is 10.8. The molecule has 0 saturated carbocycles. The summed E-state index contributed by atoms with van der Waals surface area (Å²) in [4.78, 5) is 15.1. The Balaban J connectivity index is 2.49. The van der Waals surface area contributed by atoms with E-state index in [0.717, 1.165) is 6.42 Å². The van der Waals surface area contributed by atoms with Crippen LogP contribution in [0.1, 0.15) is 42.4 Å². The molecule has 1 heterocycles. The number of aromatic nitrogens is 1. The van der Waals surface area contributed by atoms with Crippen LogP contribution in [-0.2, 0) is 0 Å². The van der Waals surface area contributed by atoms with E-state index in [2.05, 4.69) is 11.9 Å². The first kappa shape index (κ1) is 10.7. The van der Waals surface area contributed by atoms with Crippen LogP contribution < -0.4 is 0 Å². The van der Waals surface area contributed by atoms with Crippen LogP contribution in [0.2, 0.25) is 0 Å². The van der Waals surface area contributed by atoms with Crippen molar-refractivity contribution < 1.29 is 14.3 Å². The molecule has 0 fully saturated rings. The number of nitrogens with zero attached hydrogens (tertiary/aromatic N) is 1. The summed E-state index contributed by atoms with van der Waals surface area (Å²) in [5.41, 5.74) is 1.47.